The third-order valence-corrected chi connectivity index (χ3v) is 12.1. The Morgan fingerprint density at radius 3 is 1.50 bits per heavy atom. The average Bonchev–Trinajstić information content (AvgIpc) is 3.35. The van der Waals surface area contributed by atoms with E-state index in [1.165, 1.54) is 16.7 Å². The molecule has 6 aromatic carbocycles. The summed E-state index contributed by atoms with van der Waals surface area (Å²) in [5.41, 5.74) is 15.4. The van der Waals surface area contributed by atoms with Gasteiger partial charge in [0.1, 0.15) is 12.0 Å². The molecule has 0 radical (unpaired) electrons. The van der Waals surface area contributed by atoms with Gasteiger partial charge in [-0.15, -0.1) is 0 Å². The lowest BCUT2D eigenvalue weighted by Crippen LogP contribution is -2.36. The quantitative estimate of drug-likeness (QED) is 0.146. The van der Waals surface area contributed by atoms with E-state index in [0.29, 0.717) is 5.84 Å². The largest absolute Gasteiger partial charge is 0.333 e. The highest BCUT2D eigenvalue weighted by molar-refractivity contribution is 6.15. The van der Waals surface area contributed by atoms with E-state index in [4.69, 9.17) is 9.98 Å². The first kappa shape index (κ1) is 38.4. The Hall–Kier alpha value is -7.76. The Kier molecular flexibility index (Phi) is 10.6. The summed E-state index contributed by atoms with van der Waals surface area (Å²) >= 11 is 0. The minimum absolute atomic E-state index is 0.123. The number of likely N-dealkylation sites (N-methyl/N-ethyl adjacent to an activating group) is 1. The normalized spacial score (nSPS) is 17.4. The summed E-state index contributed by atoms with van der Waals surface area (Å²) in [6.07, 6.45) is 8.15. The van der Waals surface area contributed by atoms with E-state index < -0.39 is 0 Å². The zero-order valence-corrected chi connectivity index (χ0v) is 34.8. The minimum Gasteiger partial charge on any atom is -0.333 e. The summed E-state index contributed by atoms with van der Waals surface area (Å²) in [4.78, 5) is 22.4. The average molecular weight is 800 g/mol. The van der Waals surface area contributed by atoms with Crippen LogP contribution in [0.5, 0.6) is 0 Å². The lowest BCUT2D eigenvalue weighted by Gasteiger charge is -2.36. The highest BCUT2D eigenvalue weighted by Gasteiger charge is 2.32. The second-order valence-corrected chi connectivity index (χ2v) is 16.0. The second-order valence-electron chi connectivity index (χ2n) is 16.0. The second kappa shape index (κ2) is 17.1. The molecular weight excluding hydrogens is 755 g/mol. The number of aliphatic imine (C=N–C) groups is 2. The van der Waals surface area contributed by atoms with E-state index in [1.54, 1.807) is 0 Å². The zero-order chi connectivity index (χ0) is 41.8. The van der Waals surface area contributed by atoms with Gasteiger partial charge in [-0.05, 0) is 99.0 Å². The molecule has 2 aromatic heterocycles. The van der Waals surface area contributed by atoms with Crippen LogP contribution in [0.15, 0.2) is 234 Å². The molecule has 3 unspecified atom stereocenters. The Morgan fingerprint density at radius 1 is 0.452 bits per heavy atom. The fourth-order valence-corrected chi connectivity index (χ4v) is 8.74. The Morgan fingerprint density at radius 2 is 0.935 bits per heavy atom. The maximum atomic E-state index is 5.55. The lowest BCUT2D eigenvalue weighted by atomic mass is 9.74. The molecule has 5 heteroatoms. The molecule has 298 valence electrons. The molecule has 2 aliphatic rings. The molecule has 0 spiro atoms. The molecule has 5 nitrogen and oxygen atoms in total. The standard InChI is InChI=1S/C57H45N5/c1-39-51(42-18-8-4-9-19-42)37-50(38-52(39)43-26-30-45(31-27-43)54-23-13-15-33-59-54)57-61-55(60-56(62(57)2)46-20-10-5-11-21-46)49-35-47(40-16-6-3-7-17-40)34-48(36-49)41-24-28-44(29-25-41)53-22-12-14-32-58-53/h3-39,51,56H,1-2H3. The van der Waals surface area contributed by atoms with E-state index in [2.05, 4.69) is 205 Å². The van der Waals surface area contributed by atoms with Crippen molar-refractivity contribution in [3.05, 3.63) is 246 Å². The number of rotatable bonds is 9. The first-order chi connectivity index (χ1) is 30.6. The van der Waals surface area contributed by atoms with E-state index in [0.717, 1.165) is 67.3 Å². The van der Waals surface area contributed by atoms with Gasteiger partial charge in [0.15, 0.2) is 5.84 Å². The van der Waals surface area contributed by atoms with Gasteiger partial charge < -0.3 is 4.90 Å². The third-order valence-electron chi connectivity index (χ3n) is 12.1. The van der Waals surface area contributed by atoms with Crippen LogP contribution in [0.3, 0.4) is 0 Å². The van der Waals surface area contributed by atoms with Crippen LogP contribution in [0, 0.1) is 5.92 Å². The minimum atomic E-state index is -0.301. The monoisotopic (exact) mass is 799 g/mol. The number of pyridine rings is 2. The van der Waals surface area contributed by atoms with Crippen molar-refractivity contribution < 1.29 is 0 Å². The molecular formula is C57H45N5. The maximum Gasteiger partial charge on any atom is 0.159 e. The smallest absolute Gasteiger partial charge is 0.159 e. The van der Waals surface area contributed by atoms with Gasteiger partial charge >= 0.3 is 0 Å². The maximum absolute atomic E-state index is 5.55. The lowest BCUT2D eigenvalue weighted by molar-refractivity contribution is 0.382. The summed E-state index contributed by atoms with van der Waals surface area (Å²) < 4.78 is 0. The first-order valence-electron chi connectivity index (χ1n) is 21.2. The molecule has 8 aromatic rings. The van der Waals surface area contributed by atoms with E-state index in [1.807, 2.05) is 42.7 Å². The van der Waals surface area contributed by atoms with Gasteiger partial charge in [-0.25, -0.2) is 9.98 Å². The van der Waals surface area contributed by atoms with Crippen LogP contribution in [0.1, 0.15) is 41.3 Å². The molecule has 0 fully saturated rings. The highest BCUT2D eigenvalue weighted by atomic mass is 15.3. The van der Waals surface area contributed by atoms with Crippen LogP contribution in [-0.2, 0) is 0 Å². The summed E-state index contributed by atoms with van der Waals surface area (Å²) in [7, 11) is 2.12. The summed E-state index contributed by atoms with van der Waals surface area (Å²) in [5.74, 6) is 1.91. The highest BCUT2D eigenvalue weighted by Crippen LogP contribution is 2.43. The fraction of sp³-hybridized carbons (Fsp3) is 0.0877. The van der Waals surface area contributed by atoms with Gasteiger partial charge in [-0.3, -0.25) is 9.97 Å². The van der Waals surface area contributed by atoms with Crippen LogP contribution in [-0.4, -0.2) is 33.6 Å². The Bertz CT molecular complexity index is 2940. The van der Waals surface area contributed by atoms with Crippen molar-refractivity contribution in [3.63, 3.8) is 0 Å². The molecule has 0 bridgehead atoms. The molecule has 0 saturated carbocycles. The number of benzene rings is 6. The van der Waals surface area contributed by atoms with Crippen molar-refractivity contribution in [2.45, 2.75) is 19.0 Å². The first-order valence-corrected chi connectivity index (χ1v) is 21.2. The van der Waals surface area contributed by atoms with Crippen LogP contribution in [0.4, 0.5) is 0 Å². The topological polar surface area (TPSA) is 53.7 Å². The van der Waals surface area contributed by atoms with Crippen molar-refractivity contribution in [1.82, 2.24) is 14.9 Å². The van der Waals surface area contributed by atoms with Gasteiger partial charge in [-0.2, -0.15) is 0 Å². The molecule has 1 aliphatic carbocycles. The molecule has 1 aliphatic heterocycles. The molecule has 0 saturated heterocycles. The summed E-state index contributed by atoms with van der Waals surface area (Å²) in [6.45, 7) is 2.34. The molecule has 62 heavy (non-hydrogen) atoms. The van der Waals surface area contributed by atoms with Gasteiger partial charge in [-0.1, -0.05) is 165 Å². The van der Waals surface area contributed by atoms with E-state index in [9.17, 15) is 0 Å². The third kappa shape index (κ3) is 7.84. The van der Waals surface area contributed by atoms with Gasteiger partial charge in [0.2, 0.25) is 0 Å². The van der Waals surface area contributed by atoms with Crippen molar-refractivity contribution in [1.29, 1.82) is 0 Å². The Balaban J connectivity index is 1.12. The van der Waals surface area contributed by atoms with E-state index in [-0.39, 0.29) is 18.0 Å². The van der Waals surface area contributed by atoms with Crippen molar-refractivity contribution in [3.8, 4) is 44.8 Å². The number of nitrogens with zero attached hydrogens (tertiary/aromatic N) is 5. The van der Waals surface area contributed by atoms with Crippen LogP contribution in [0.2, 0.25) is 0 Å². The van der Waals surface area contributed by atoms with Crippen LogP contribution >= 0.6 is 0 Å². The number of hydrogen-bond acceptors (Lipinski definition) is 5. The molecule has 3 heterocycles. The summed E-state index contributed by atoms with van der Waals surface area (Å²) in [5, 5.41) is 0. The van der Waals surface area contributed by atoms with Gasteiger partial charge in [0.05, 0.1) is 11.4 Å². The SMILES string of the molecule is CC1C(c2ccc(-c3ccccn3)cc2)=CC(C2=NC(c3cc(-c4ccccc4)cc(-c4ccc(-c5ccccn5)cc4)c3)=NC(c3ccccc3)N2C)=CC1c1ccccc1. The fourth-order valence-electron chi connectivity index (χ4n) is 8.74. The van der Waals surface area contributed by atoms with Crippen molar-refractivity contribution in [2.24, 2.45) is 15.9 Å². The Labute approximate surface area is 363 Å². The van der Waals surface area contributed by atoms with Gasteiger partial charge in [0, 0.05) is 47.6 Å². The number of aromatic nitrogens is 2. The predicted octanol–water partition coefficient (Wildman–Crippen LogP) is 13.4. The molecule has 0 N–H and O–H groups in total. The van der Waals surface area contributed by atoms with Crippen molar-refractivity contribution in [2.75, 3.05) is 7.05 Å². The molecule has 0 amide bonds. The predicted molar refractivity (Wildman–Crippen MR) is 256 cm³/mol. The number of amidine groups is 2. The van der Waals surface area contributed by atoms with Crippen LogP contribution < -0.4 is 0 Å². The van der Waals surface area contributed by atoms with Crippen LogP contribution in [0.25, 0.3) is 50.3 Å². The van der Waals surface area contributed by atoms with Crippen molar-refractivity contribution >= 4 is 17.2 Å². The molecule has 10 rings (SSSR count). The molecule has 3 atom stereocenters. The summed E-state index contributed by atoms with van der Waals surface area (Å²) in [6, 6.07) is 68.3. The van der Waals surface area contributed by atoms with E-state index >= 15 is 0 Å². The van der Waals surface area contributed by atoms with Gasteiger partial charge in [0.25, 0.3) is 0 Å². The number of allylic oxidation sites excluding steroid dienone is 2. The number of hydrogen-bond donors (Lipinski definition) is 0. The zero-order valence-electron chi connectivity index (χ0n) is 34.8.